The Balaban J connectivity index is 1.97. The number of furan rings is 1. The molecule has 0 unspecified atom stereocenters. The molecule has 0 amide bonds. The number of ether oxygens (including phenoxy) is 1. The van der Waals surface area contributed by atoms with E-state index in [0.29, 0.717) is 17.4 Å². The zero-order valence-electron chi connectivity index (χ0n) is 11.6. The van der Waals surface area contributed by atoms with Crippen molar-refractivity contribution < 1.29 is 13.9 Å². The maximum absolute atomic E-state index is 11.3. The standard InChI is InChI=1S/C12H16N4O3S/c1-8(2)6-16-12(13-14-15-16)20-7-9-4-5-10(19-9)11(17)18-3/h4-5,8H,6-7H2,1-3H3. The first-order valence-corrected chi connectivity index (χ1v) is 7.14. The van der Waals surface area contributed by atoms with E-state index in [9.17, 15) is 4.79 Å². The summed E-state index contributed by atoms with van der Waals surface area (Å²) in [5, 5.41) is 12.3. The van der Waals surface area contributed by atoms with E-state index in [-0.39, 0.29) is 5.76 Å². The fourth-order valence-electron chi connectivity index (χ4n) is 1.56. The van der Waals surface area contributed by atoms with Crippen LogP contribution in [0.5, 0.6) is 0 Å². The molecule has 0 atom stereocenters. The van der Waals surface area contributed by atoms with Crippen LogP contribution < -0.4 is 0 Å². The van der Waals surface area contributed by atoms with Crippen molar-refractivity contribution in [3.63, 3.8) is 0 Å². The molecule has 0 N–H and O–H groups in total. The van der Waals surface area contributed by atoms with E-state index in [0.717, 1.165) is 11.7 Å². The highest BCUT2D eigenvalue weighted by Gasteiger charge is 2.13. The fourth-order valence-corrected chi connectivity index (χ4v) is 2.34. The van der Waals surface area contributed by atoms with Gasteiger partial charge in [0.1, 0.15) is 5.76 Å². The Bertz CT molecular complexity index is 579. The molecule has 7 nitrogen and oxygen atoms in total. The summed E-state index contributed by atoms with van der Waals surface area (Å²) in [6.45, 7) is 4.97. The molecule has 0 aromatic carbocycles. The van der Waals surface area contributed by atoms with Gasteiger partial charge in [-0.15, -0.1) is 5.10 Å². The van der Waals surface area contributed by atoms with Crippen LogP contribution >= 0.6 is 11.8 Å². The average Bonchev–Trinajstić information content (AvgIpc) is 3.04. The largest absolute Gasteiger partial charge is 0.463 e. The Morgan fingerprint density at radius 1 is 1.50 bits per heavy atom. The predicted molar refractivity (Wildman–Crippen MR) is 72.3 cm³/mol. The summed E-state index contributed by atoms with van der Waals surface area (Å²) < 4.78 is 11.7. The van der Waals surface area contributed by atoms with Crippen molar-refractivity contribution >= 4 is 17.7 Å². The number of methoxy groups -OCH3 is 1. The van der Waals surface area contributed by atoms with E-state index in [1.54, 1.807) is 16.8 Å². The lowest BCUT2D eigenvalue weighted by Gasteiger charge is -2.05. The van der Waals surface area contributed by atoms with Gasteiger partial charge in [-0.25, -0.2) is 9.48 Å². The first-order chi connectivity index (χ1) is 9.60. The number of hydrogen-bond donors (Lipinski definition) is 0. The molecule has 0 aliphatic rings. The minimum Gasteiger partial charge on any atom is -0.463 e. The molecule has 0 spiro atoms. The molecule has 2 heterocycles. The summed E-state index contributed by atoms with van der Waals surface area (Å²) in [6, 6.07) is 3.34. The zero-order chi connectivity index (χ0) is 14.5. The SMILES string of the molecule is COC(=O)c1ccc(CSc2nnnn2CC(C)C)o1. The summed E-state index contributed by atoms with van der Waals surface area (Å²) >= 11 is 1.46. The number of tetrazole rings is 1. The van der Waals surface area contributed by atoms with Crippen LogP contribution in [0.1, 0.15) is 30.2 Å². The van der Waals surface area contributed by atoms with Crippen molar-refractivity contribution in [3.05, 3.63) is 23.7 Å². The summed E-state index contributed by atoms with van der Waals surface area (Å²) in [4.78, 5) is 11.3. The first-order valence-electron chi connectivity index (χ1n) is 6.16. The Morgan fingerprint density at radius 3 is 3.00 bits per heavy atom. The molecule has 0 aliphatic carbocycles. The Morgan fingerprint density at radius 2 is 2.30 bits per heavy atom. The molecule has 2 rings (SSSR count). The molecular weight excluding hydrogens is 280 g/mol. The van der Waals surface area contributed by atoms with Gasteiger partial charge in [-0.1, -0.05) is 25.6 Å². The molecular formula is C12H16N4O3S. The second kappa shape index (κ2) is 6.56. The number of nitrogens with zero attached hydrogens (tertiary/aromatic N) is 4. The quantitative estimate of drug-likeness (QED) is 0.595. The Kier molecular flexibility index (Phi) is 4.78. The van der Waals surface area contributed by atoms with Crippen LogP contribution in [0.3, 0.4) is 0 Å². The van der Waals surface area contributed by atoms with E-state index in [2.05, 4.69) is 34.1 Å². The molecule has 0 saturated carbocycles. The van der Waals surface area contributed by atoms with Crippen molar-refractivity contribution in [1.29, 1.82) is 0 Å². The second-order valence-corrected chi connectivity index (χ2v) is 5.53. The number of carbonyl (C=O) groups is 1. The van der Waals surface area contributed by atoms with Gasteiger partial charge in [0.15, 0.2) is 0 Å². The molecule has 20 heavy (non-hydrogen) atoms. The molecule has 0 bridgehead atoms. The molecule has 8 heteroatoms. The summed E-state index contributed by atoms with van der Waals surface area (Å²) in [7, 11) is 1.32. The van der Waals surface area contributed by atoms with Crippen molar-refractivity contribution in [2.24, 2.45) is 5.92 Å². The fraction of sp³-hybridized carbons (Fsp3) is 0.500. The van der Waals surface area contributed by atoms with Crippen molar-refractivity contribution in [2.75, 3.05) is 7.11 Å². The summed E-state index contributed by atoms with van der Waals surface area (Å²) in [5.74, 6) is 1.41. The lowest BCUT2D eigenvalue weighted by Crippen LogP contribution is -2.07. The number of hydrogen-bond acceptors (Lipinski definition) is 7. The third-order valence-electron chi connectivity index (χ3n) is 2.43. The average molecular weight is 296 g/mol. The highest BCUT2D eigenvalue weighted by Crippen LogP contribution is 2.22. The minimum atomic E-state index is -0.481. The first kappa shape index (κ1) is 14.6. The van der Waals surface area contributed by atoms with Crippen molar-refractivity contribution in [1.82, 2.24) is 20.2 Å². The highest BCUT2D eigenvalue weighted by atomic mass is 32.2. The molecule has 0 aliphatic heterocycles. The van der Waals surface area contributed by atoms with Crippen LogP contribution in [-0.4, -0.2) is 33.3 Å². The van der Waals surface area contributed by atoms with Gasteiger partial charge in [0.25, 0.3) is 0 Å². The monoisotopic (exact) mass is 296 g/mol. The van der Waals surface area contributed by atoms with Gasteiger partial charge in [0, 0.05) is 6.54 Å². The molecule has 2 aromatic rings. The topological polar surface area (TPSA) is 83.0 Å². The normalized spacial score (nSPS) is 11.0. The minimum absolute atomic E-state index is 0.199. The van der Waals surface area contributed by atoms with E-state index >= 15 is 0 Å². The molecule has 0 saturated heterocycles. The van der Waals surface area contributed by atoms with Gasteiger partial charge in [0.05, 0.1) is 12.9 Å². The maximum atomic E-state index is 11.3. The van der Waals surface area contributed by atoms with Gasteiger partial charge in [-0.3, -0.25) is 0 Å². The lowest BCUT2D eigenvalue weighted by atomic mass is 10.2. The van der Waals surface area contributed by atoms with Gasteiger partial charge in [-0.2, -0.15) is 0 Å². The van der Waals surface area contributed by atoms with Gasteiger partial charge in [-0.05, 0) is 28.5 Å². The van der Waals surface area contributed by atoms with Gasteiger partial charge >= 0.3 is 5.97 Å². The summed E-state index contributed by atoms with van der Waals surface area (Å²) in [5.41, 5.74) is 0. The number of rotatable bonds is 6. The van der Waals surface area contributed by atoms with Crippen molar-refractivity contribution in [3.8, 4) is 0 Å². The third kappa shape index (κ3) is 3.60. The second-order valence-electron chi connectivity index (χ2n) is 4.58. The highest BCUT2D eigenvalue weighted by molar-refractivity contribution is 7.98. The van der Waals surface area contributed by atoms with E-state index in [4.69, 9.17) is 4.42 Å². The van der Waals surface area contributed by atoms with Gasteiger partial charge in [0.2, 0.25) is 10.9 Å². The lowest BCUT2D eigenvalue weighted by molar-refractivity contribution is 0.0563. The van der Waals surface area contributed by atoms with E-state index in [1.807, 2.05) is 0 Å². The Labute approximate surface area is 120 Å². The van der Waals surface area contributed by atoms with E-state index < -0.39 is 5.97 Å². The molecule has 0 radical (unpaired) electrons. The third-order valence-corrected chi connectivity index (χ3v) is 3.41. The van der Waals surface area contributed by atoms with Gasteiger partial charge < -0.3 is 9.15 Å². The van der Waals surface area contributed by atoms with Crippen LogP contribution in [0.25, 0.3) is 0 Å². The number of carbonyl (C=O) groups excluding carboxylic acids is 1. The van der Waals surface area contributed by atoms with Crippen LogP contribution in [0.15, 0.2) is 21.7 Å². The smallest absolute Gasteiger partial charge is 0.373 e. The van der Waals surface area contributed by atoms with Crippen LogP contribution in [-0.2, 0) is 17.0 Å². The zero-order valence-corrected chi connectivity index (χ0v) is 12.4. The van der Waals surface area contributed by atoms with Crippen molar-refractivity contribution in [2.45, 2.75) is 31.3 Å². The number of esters is 1. The van der Waals surface area contributed by atoms with Crippen LogP contribution in [0, 0.1) is 5.92 Å². The van der Waals surface area contributed by atoms with E-state index in [1.165, 1.54) is 18.9 Å². The molecule has 2 aromatic heterocycles. The number of thioether (sulfide) groups is 1. The predicted octanol–water partition coefficient (Wildman–Crippen LogP) is 2.00. The Hall–Kier alpha value is -1.83. The molecule has 0 fully saturated rings. The summed E-state index contributed by atoms with van der Waals surface area (Å²) in [6.07, 6.45) is 0. The number of aromatic nitrogens is 4. The maximum Gasteiger partial charge on any atom is 0.373 e. The van der Waals surface area contributed by atoms with Crippen LogP contribution in [0.4, 0.5) is 0 Å². The van der Waals surface area contributed by atoms with Crippen LogP contribution in [0.2, 0.25) is 0 Å². The molecule has 108 valence electrons.